The Morgan fingerprint density at radius 3 is 2.48 bits per heavy atom. The fourth-order valence-electron chi connectivity index (χ4n) is 4.01. The summed E-state index contributed by atoms with van der Waals surface area (Å²) in [7, 11) is 1.50. The third kappa shape index (κ3) is 4.39. The van der Waals surface area contributed by atoms with Crippen LogP contribution in [-0.4, -0.2) is 41.8 Å². The van der Waals surface area contributed by atoms with Gasteiger partial charge in [-0.2, -0.15) is 0 Å². The Kier molecular flexibility index (Phi) is 6.18. The van der Waals surface area contributed by atoms with Gasteiger partial charge in [0.05, 0.1) is 5.02 Å². The minimum absolute atomic E-state index is 0.0677. The van der Waals surface area contributed by atoms with Crippen molar-refractivity contribution in [2.75, 3.05) is 12.4 Å². The molecule has 2 heterocycles. The van der Waals surface area contributed by atoms with Gasteiger partial charge in [0.2, 0.25) is 0 Å². The molecule has 1 aromatic heterocycles. The number of amides is 2. The number of nitrogens with zero attached hydrogens (tertiary/aromatic N) is 3. The molecule has 0 radical (unpaired) electrons. The molecule has 0 saturated heterocycles. The van der Waals surface area contributed by atoms with E-state index >= 15 is 0 Å². The average Bonchev–Trinajstić information content (AvgIpc) is 3.04. The number of ether oxygens (including phenoxy) is 1. The molecule has 0 aromatic carbocycles. The number of nitrogens with one attached hydrogen (secondary N) is 3. The van der Waals surface area contributed by atoms with Gasteiger partial charge < -0.3 is 15.4 Å². The third-order valence-electron chi connectivity index (χ3n) is 5.88. The van der Waals surface area contributed by atoms with Crippen LogP contribution in [0.15, 0.2) is 32.7 Å². The van der Waals surface area contributed by atoms with Crippen LogP contribution in [0.5, 0.6) is 0 Å². The Morgan fingerprint density at radius 1 is 1.33 bits per heavy atom. The lowest BCUT2D eigenvalue weighted by Crippen LogP contribution is -2.63. The molecule has 33 heavy (non-hydrogen) atoms. The van der Waals surface area contributed by atoms with Crippen molar-refractivity contribution in [2.24, 2.45) is 15.4 Å². The number of carbonyl (C=O) groups is 2. The highest BCUT2D eigenvalue weighted by Crippen LogP contribution is 2.55. The summed E-state index contributed by atoms with van der Waals surface area (Å²) in [4.78, 5) is 46.0. The molecule has 1 saturated carbocycles. The van der Waals surface area contributed by atoms with E-state index in [1.165, 1.54) is 23.8 Å². The minimum Gasteiger partial charge on any atom is -0.444 e. The topological polar surface area (TPSA) is 126 Å². The molecule has 178 valence electrons. The lowest BCUT2D eigenvalue weighted by molar-refractivity contribution is -0.0501. The molecular weight excluding hydrogens is 448 g/mol. The number of pyridine rings is 1. The Balaban J connectivity index is 1.94. The van der Waals surface area contributed by atoms with Crippen molar-refractivity contribution >= 4 is 41.8 Å². The van der Waals surface area contributed by atoms with Crippen LogP contribution in [0.2, 0.25) is 5.02 Å². The predicted octanol–water partition coefficient (Wildman–Crippen LogP) is 3.22. The maximum Gasteiger partial charge on any atom is 0.413 e. The average molecular weight is 477 g/mol. The highest BCUT2D eigenvalue weighted by molar-refractivity contribution is 6.34. The molecule has 2 amide bonds. The van der Waals surface area contributed by atoms with E-state index in [1.807, 2.05) is 13.8 Å². The molecule has 11 heteroatoms. The van der Waals surface area contributed by atoms with Gasteiger partial charge in [-0.1, -0.05) is 25.4 Å². The molecule has 10 nitrogen and oxygen atoms in total. The van der Waals surface area contributed by atoms with Crippen molar-refractivity contribution in [1.82, 2.24) is 15.2 Å². The van der Waals surface area contributed by atoms with Crippen molar-refractivity contribution in [3.8, 4) is 0 Å². The van der Waals surface area contributed by atoms with Crippen LogP contribution < -0.4 is 21.5 Å². The molecule has 0 bridgehead atoms. The number of fused-ring (bicyclic) bond motifs is 2. The standard InChI is InChI=1S/C22H29ClN6O4/c1-20(2,3)33-19(32)27-15(25-7)11-14(24-6)26-13-10-12(23)16-17(30)28-22(29(16)18(13)31)9-8-21(22,4)5/h10-11H,7-9H2,1-6H3,(H,24,26)(H,27,32)(H,28,30)/b15-11+. The van der Waals surface area contributed by atoms with Crippen LogP contribution in [-0.2, 0) is 10.4 Å². The fourth-order valence-corrected chi connectivity index (χ4v) is 4.29. The lowest BCUT2D eigenvalue weighted by Gasteiger charge is -2.54. The first kappa shape index (κ1) is 24.5. The lowest BCUT2D eigenvalue weighted by atomic mass is 9.62. The van der Waals surface area contributed by atoms with Gasteiger partial charge in [0, 0.05) is 18.5 Å². The second-order valence-electron chi connectivity index (χ2n) is 9.64. The summed E-state index contributed by atoms with van der Waals surface area (Å²) < 4.78 is 6.66. The van der Waals surface area contributed by atoms with Crippen LogP contribution in [0, 0.1) is 5.41 Å². The van der Waals surface area contributed by atoms with Gasteiger partial charge in [-0.25, -0.2) is 9.79 Å². The van der Waals surface area contributed by atoms with Crippen LogP contribution in [0.4, 0.5) is 10.5 Å². The van der Waals surface area contributed by atoms with Crippen molar-refractivity contribution in [2.45, 2.75) is 58.7 Å². The number of anilines is 1. The quantitative estimate of drug-likeness (QED) is 0.454. The van der Waals surface area contributed by atoms with E-state index in [0.717, 1.165) is 6.42 Å². The van der Waals surface area contributed by atoms with Gasteiger partial charge in [-0.3, -0.25) is 24.5 Å². The molecule has 3 rings (SSSR count). The van der Waals surface area contributed by atoms with Crippen LogP contribution in [0.1, 0.15) is 57.9 Å². The Bertz CT molecular complexity index is 1140. The summed E-state index contributed by atoms with van der Waals surface area (Å²) in [5.74, 6) is -0.0973. The largest absolute Gasteiger partial charge is 0.444 e. The molecule has 3 N–H and O–H groups in total. The third-order valence-corrected chi connectivity index (χ3v) is 6.17. The van der Waals surface area contributed by atoms with E-state index in [0.29, 0.717) is 6.42 Å². The molecule has 1 aromatic rings. The minimum atomic E-state index is -0.830. The van der Waals surface area contributed by atoms with Gasteiger partial charge in [-0.15, -0.1) is 0 Å². The Morgan fingerprint density at radius 2 is 2.00 bits per heavy atom. The van der Waals surface area contributed by atoms with Crippen LogP contribution >= 0.6 is 11.6 Å². The number of hydrogen-bond acceptors (Lipinski definition) is 6. The SMILES string of the molecule is C=N/C(=C\C(=NC)Nc1cc(Cl)c2n(c1=O)C1(CCC1(C)C)NC2=O)NC(=O)OC(C)(C)C. The molecule has 1 aliphatic carbocycles. The molecule has 1 atom stereocenters. The zero-order valence-corrected chi connectivity index (χ0v) is 20.4. The van der Waals surface area contributed by atoms with Crippen molar-refractivity contribution < 1.29 is 14.3 Å². The highest BCUT2D eigenvalue weighted by atomic mass is 35.5. The maximum absolute atomic E-state index is 13.4. The van der Waals surface area contributed by atoms with E-state index in [9.17, 15) is 14.4 Å². The summed E-state index contributed by atoms with van der Waals surface area (Å²) in [6.45, 7) is 12.6. The van der Waals surface area contributed by atoms with Crippen molar-refractivity contribution in [3.05, 3.63) is 39.0 Å². The van der Waals surface area contributed by atoms with Gasteiger partial charge in [0.15, 0.2) is 0 Å². The van der Waals surface area contributed by atoms with E-state index in [1.54, 1.807) is 20.8 Å². The predicted molar refractivity (Wildman–Crippen MR) is 128 cm³/mol. The van der Waals surface area contributed by atoms with Gasteiger partial charge in [-0.05, 0) is 46.4 Å². The summed E-state index contributed by atoms with van der Waals surface area (Å²) in [6, 6.07) is 1.39. The van der Waals surface area contributed by atoms with Gasteiger partial charge in [0.25, 0.3) is 11.5 Å². The number of amidine groups is 1. The Hall–Kier alpha value is -3.14. The van der Waals surface area contributed by atoms with Crippen LogP contribution in [0.25, 0.3) is 0 Å². The fraction of sp³-hybridized carbons (Fsp3) is 0.500. The zero-order valence-electron chi connectivity index (χ0n) is 19.6. The molecule has 1 unspecified atom stereocenters. The summed E-state index contributed by atoms with van der Waals surface area (Å²) in [6.07, 6.45) is 2.16. The van der Waals surface area contributed by atoms with E-state index in [-0.39, 0.29) is 39.4 Å². The van der Waals surface area contributed by atoms with E-state index in [4.69, 9.17) is 16.3 Å². The first-order valence-electron chi connectivity index (χ1n) is 10.5. The zero-order chi connectivity index (χ0) is 24.8. The monoisotopic (exact) mass is 476 g/mol. The molecular formula is C22H29ClN6O4. The molecule has 1 aliphatic heterocycles. The molecule has 1 spiro atoms. The van der Waals surface area contributed by atoms with Gasteiger partial charge >= 0.3 is 6.09 Å². The summed E-state index contributed by atoms with van der Waals surface area (Å²) in [5, 5.41) is 8.50. The smallest absolute Gasteiger partial charge is 0.413 e. The number of rotatable bonds is 4. The van der Waals surface area contributed by atoms with Crippen LogP contribution in [0.3, 0.4) is 0 Å². The second kappa shape index (κ2) is 8.33. The van der Waals surface area contributed by atoms with Gasteiger partial charge in [0.1, 0.15) is 34.3 Å². The number of aromatic nitrogens is 1. The highest BCUT2D eigenvalue weighted by Gasteiger charge is 2.60. The maximum atomic E-state index is 13.4. The number of alkyl carbamates (subject to hydrolysis) is 1. The van der Waals surface area contributed by atoms with E-state index < -0.39 is 22.9 Å². The number of aliphatic imine (C=N–C) groups is 2. The molecule has 1 fully saturated rings. The normalized spacial score (nSPS) is 21.7. The number of hydrogen-bond donors (Lipinski definition) is 3. The number of carbonyl (C=O) groups excluding carboxylic acids is 2. The first-order chi connectivity index (χ1) is 15.2. The van der Waals surface area contributed by atoms with Crippen molar-refractivity contribution in [3.63, 3.8) is 0 Å². The second-order valence-corrected chi connectivity index (χ2v) is 10.0. The summed E-state index contributed by atoms with van der Waals surface area (Å²) in [5.41, 5.74) is -1.99. The Labute approximate surface area is 197 Å². The molecule has 2 aliphatic rings. The number of halogens is 1. The van der Waals surface area contributed by atoms with Crippen molar-refractivity contribution in [1.29, 1.82) is 0 Å². The van der Waals surface area contributed by atoms with E-state index in [2.05, 4.69) is 32.7 Å². The first-order valence-corrected chi connectivity index (χ1v) is 10.8. The summed E-state index contributed by atoms with van der Waals surface area (Å²) >= 11 is 6.42.